The van der Waals surface area contributed by atoms with Crippen molar-refractivity contribution in [1.82, 2.24) is 4.98 Å². The molecule has 0 aliphatic carbocycles. The van der Waals surface area contributed by atoms with Crippen LogP contribution in [0.15, 0.2) is 5.38 Å². The average Bonchev–Trinajstić information content (AvgIpc) is 2.14. The van der Waals surface area contributed by atoms with Crippen LogP contribution in [0.1, 0.15) is 17.6 Å². The van der Waals surface area contributed by atoms with Crippen LogP contribution in [0.5, 0.6) is 0 Å². The van der Waals surface area contributed by atoms with E-state index in [0.717, 1.165) is 10.7 Å². The van der Waals surface area contributed by atoms with E-state index < -0.39 is 0 Å². The second-order valence-electron chi connectivity index (χ2n) is 1.62. The van der Waals surface area contributed by atoms with Crippen molar-refractivity contribution in [2.24, 2.45) is 0 Å². The Hall–Kier alpha value is -0.370. The van der Waals surface area contributed by atoms with Crippen molar-refractivity contribution in [3.05, 3.63) is 22.5 Å². The van der Waals surface area contributed by atoms with E-state index in [2.05, 4.69) is 10.4 Å². The fraction of sp³-hybridized carbons (Fsp3) is 0.333. The molecule has 0 aliphatic heterocycles. The summed E-state index contributed by atoms with van der Waals surface area (Å²) in [6.07, 6.45) is 2.01. The second-order valence-corrected chi connectivity index (χ2v) is 2.51. The summed E-state index contributed by atoms with van der Waals surface area (Å²) < 4.78 is 0. The SMILES string of the molecule is C[CH]c1nc(C)cs1. The van der Waals surface area contributed by atoms with Crippen LogP contribution in [0.25, 0.3) is 0 Å². The first-order valence-corrected chi connectivity index (χ1v) is 3.42. The highest BCUT2D eigenvalue weighted by Gasteiger charge is 1.91. The Morgan fingerprint density at radius 1 is 1.75 bits per heavy atom. The van der Waals surface area contributed by atoms with Gasteiger partial charge in [0.2, 0.25) is 0 Å². The van der Waals surface area contributed by atoms with E-state index in [4.69, 9.17) is 0 Å². The van der Waals surface area contributed by atoms with Gasteiger partial charge in [0, 0.05) is 17.5 Å². The molecule has 0 fully saturated rings. The maximum Gasteiger partial charge on any atom is 0.0963 e. The molecule has 1 nitrogen and oxygen atoms in total. The number of aryl methyl sites for hydroxylation is 1. The zero-order chi connectivity index (χ0) is 5.98. The van der Waals surface area contributed by atoms with Crippen LogP contribution in [0.2, 0.25) is 0 Å². The molecule has 1 aromatic heterocycles. The van der Waals surface area contributed by atoms with Gasteiger partial charge >= 0.3 is 0 Å². The van der Waals surface area contributed by atoms with Gasteiger partial charge in [-0.05, 0) is 6.92 Å². The first-order valence-electron chi connectivity index (χ1n) is 2.54. The van der Waals surface area contributed by atoms with Gasteiger partial charge in [0.25, 0.3) is 0 Å². The van der Waals surface area contributed by atoms with E-state index in [9.17, 15) is 0 Å². The lowest BCUT2D eigenvalue weighted by atomic mass is 10.5. The zero-order valence-electron chi connectivity index (χ0n) is 5.01. The molecular formula is C6H8NS. The number of rotatable bonds is 1. The molecule has 0 aromatic carbocycles. The minimum absolute atomic E-state index is 1.11. The van der Waals surface area contributed by atoms with Crippen molar-refractivity contribution >= 4 is 11.3 Å². The standard InChI is InChI=1S/C6H8NS/c1-3-6-7-5(2)4-8-6/h3-4H,1-2H3. The van der Waals surface area contributed by atoms with E-state index in [0.29, 0.717) is 0 Å². The molecule has 0 unspecified atom stereocenters. The Morgan fingerprint density at radius 2 is 2.50 bits per heavy atom. The van der Waals surface area contributed by atoms with Gasteiger partial charge in [-0.3, -0.25) is 0 Å². The third-order valence-electron chi connectivity index (χ3n) is 0.884. The normalized spacial score (nSPS) is 9.75. The minimum Gasteiger partial charge on any atom is -0.246 e. The highest BCUT2D eigenvalue weighted by atomic mass is 32.1. The van der Waals surface area contributed by atoms with E-state index in [-0.39, 0.29) is 0 Å². The van der Waals surface area contributed by atoms with Crippen LogP contribution < -0.4 is 0 Å². The highest BCUT2D eigenvalue weighted by Crippen LogP contribution is 2.09. The van der Waals surface area contributed by atoms with Crippen molar-refractivity contribution < 1.29 is 0 Å². The van der Waals surface area contributed by atoms with Crippen LogP contribution in [-0.4, -0.2) is 4.98 Å². The molecule has 2 heteroatoms. The van der Waals surface area contributed by atoms with E-state index >= 15 is 0 Å². The van der Waals surface area contributed by atoms with Crippen LogP contribution in [-0.2, 0) is 0 Å². The number of nitrogens with zero attached hydrogens (tertiary/aromatic N) is 1. The first kappa shape index (κ1) is 5.76. The zero-order valence-corrected chi connectivity index (χ0v) is 5.83. The summed E-state index contributed by atoms with van der Waals surface area (Å²) in [4.78, 5) is 4.19. The topological polar surface area (TPSA) is 12.9 Å². The van der Waals surface area contributed by atoms with Crippen molar-refractivity contribution in [2.75, 3.05) is 0 Å². The molecule has 8 heavy (non-hydrogen) atoms. The first-order chi connectivity index (χ1) is 3.83. The van der Waals surface area contributed by atoms with Crippen LogP contribution in [0, 0.1) is 13.3 Å². The maximum atomic E-state index is 4.19. The Bertz CT molecular complexity index is 169. The predicted molar refractivity (Wildman–Crippen MR) is 35.9 cm³/mol. The summed E-state index contributed by atoms with van der Waals surface area (Å²) in [5, 5.41) is 3.16. The summed E-state index contributed by atoms with van der Waals surface area (Å²) >= 11 is 1.68. The van der Waals surface area contributed by atoms with Gasteiger partial charge in [0.15, 0.2) is 0 Å². The van der Waals surface area contributed by atoms with Gasteiger partial charge in [0.05, 0.1) is 5.01 Å². The Kier molecular flexibility index (Phi) is 1.63. The van der Waals surface area contributed by atoms with Gasteiger partial charge in [-0.2, -0.15) is 0 Å². The van der Waals surface area contributed by atoms with E-state index in [1.807, 2.05) is 20.3 Å². The Balaban J connectivity index is 2.84. The third-order valence-corrected chi connectivity index (χ3v) is 1.91. The van der Waals surface area contributed by atoms with Gasteiger partial charge in [-0.15, -0.1) is 11.3 Å². The fourth-order valence-corrected chi connectivity index (χ4v) is 1.18. The molecule has 1 rings (SSSR count). The summed E-state index contributed by atoms with van der Waals surface area (Å²) in [5.74, 6) is 0. The molecule has 1 aromatic rings. The Morgan fingerprint density at radius 3 is 2.75 bits per heavy atom. The molecule has 0 spiro atoms. The molecule has 0 saturated heterocycles. The molecule has 1 radical (unpaired) electrons. The highest BCUT2D eigenvalue weighted by molar-refractivity contribution is 7.09. The number of hydrogen-bond donors (Lipinski definition) is 0. The molecule has 0 N–H and O–H groups in total. The average molecular weight is 126 g/mol. The van der Waals surface area contributed by atoms with Crippen molar-refractivity contribution in [3.8, 4) is 0 Å². The molecule has 0 aliphatic rings. The second kappa shape index (κ2) is 2.27. The number of aromatic nitrogens is 1. The van der Waals surface area contributed by atoms with Gasteiger partial charge < -0.3 is 0 Å². The Labute approximate surface area is 53.4 Å². The lowest BCUT2D eigenvalue weighted by Gasteiger charge is -1.78. The van der Waals surface area contributed by atoms with Crippen LogP contribution in [0.3, 0.4) is 0 Å². The van der Waals surface area contributed by atoms with E-state index in [1.165, 1.54) is 0 Å². The van der Waals surface area contributed by atoms with Crippen LogP contribution in [0.4, 0.5) is 0 Å². The number of thiazole rings is 1. The fourth-order valence-electron chi connectivity index (χ4n) is 0.505. The largest absolute Gasteiger partial charge is 0.246 e. The maximum absolute atomic E-state index is 4.19. The quantitative estimate of drug-likeness (QED) is 0.561. The summed E-state index contributed by atoms with van der Waals surface area (Å²) in [5.41, 5.74) is 1.11. The van der Waals surface area contributed by atoms with Crippen LogP contribution >= 0.6 is 11.3 Å². The van der Waals surface area contributed by atoms with Crippen molar-refractivity contribution in [3.63, 3.8) is 0 Å². The molecule has 43 valence electrons. The van der Waals surface area contributed by atoms with Gasteiger partial charge in [-0.1, -0.05) is 6.92 Å². The summed E-state index contributed by atoms with van der Waals surface area (Å²) in [6, 6.07) is 0. The monoisotopic (exact) mass is 126 g/mol. The summed E-state index contributed by atoms with van der Waals surface area (Å²) in [6.45, 7) is 4.00. The third kappa shape index (κ3) is 1.07. The molecule has 0 bridgehead atoms. The minimum atomic E-state index is 1.11. The lowest BCUT2D eigenvalue weighted by molar-refractivity contribution is 1.20. The van der Waals surface area contributed by atoms with Crippen molar-refractivity contribution in [1.29, 1.82) is 0 Å². The van der Waals surface area contributed by atoms with Gasteiger partial charge in [0.1, 0.15) is 0 Å². The lowest BCUT2D eigenvalue weighted by Crippen LogP contribution is -1.72. The van der Waals surface area contributed by atoms with Gasteiger partial charge in [-0.25, -0.2) is 4.98 Å². The molecular weight excluding hydrogens is 118 g/mol. The predicted octanol–water partition coefficient (Wildman–Crippen LogP) is 2.02. The molecule has 0 amide bonds. The number of hydrogen-bond acceptors (Lipinski definition) is 2. The molecule has 0 saturated carbocycles. The van der Waals surface area contributed by atoms with E-state index in [1.54, 1.807) is 11.3 Å². The molecule has 1 heterocycles. The smallest absolute Gasteiger partial charge is 0.0963 e. The summed E-state index contributed by atoms with van der Waals surface area (Å²) in [7, 11) is 0. The molecule has 0 atom stereocenters. The van der Waals surface area contributed by atoms with Crippen molar-refractivity contribution in [2.45, 2.75) is 13.8 Å².